The molecule has 0 aliphatic heterocycles. The van der Waals surface area contributed by atoms with Crippen molar-refractivity contribution >= 4 is 5.97 Å². The summed E-state index contributed by atoms with van der Waals surface area (Å²) in [4.78, 5) is 10.9. The Morgan fingerprint density at radius 2 is 2.40 bits per heavy atom. The molecular formula is C10H17N3O2. The SMILES string of the molecule is CCc1nn(C)cc1CNCC(=O)OC. The van der Waals surface area contributed by atoms with Gasteiger partial charge in [-0.1, -0.05) is 6.92 Å². The second-order valence-electron chi connectivity index (χ2n) is 3.31. The van der Waals surface area contributed by atoms with Crippen LogP contribution in [0.25, 0.3) is 0 Å². The van der Waals surface area contributed by atoms with E-state index in [-0.39, 0.29) is 12.5 Å². The van der Waals surface area contributed by atoms with Crippen molar-refractivity contribution < 1.29 is 9.53 Å². The van der Waals surface area contributed by atoms with E-state index in [1.807, 2.05) is 13.2 Å². The molecule has 0 atom stereocenters. The molecule has 0 unspecified atom stereocenters. The van der Waals surface area contributed by atoms with Gasteiger partial charge in [-0.25, -0.2) is 0 Å². The van der Waals surface area contributed by atoms with Crippen LogP contribution >= 0.6 is 0 Å². The second kappa shape index (κ2) is 5.50. The summed E-state index contributed by atoms with van der Waals surface area (Å²) in [7, 11) is 3.27. The molecule has 1 aromatic rings. The van der Waals surface area contributed by atoms with E-state index in [4.69, 9.17) is 0 Å². The van der Waals surface area contributed by atoms with Crippen molar-refractivity contribution in [3.8, 4) is 0 Å². The monoisotopic (exact) mass is 211 g/mol. The lowest BCUT2D eigenvalue weighted by Crippen LogP contribution is -2.23. The highest BCUT2D eigenvalue weighted by atomic mass is 16.5. The quantitative estimate of drug-likeness (QED) is 0.709. The second-order valence-corrected chi connectivity index (χ2v) is 3.31. The Kier molecular flexibility index (Phi) is 4.30. The predicted molar refractivity (Wildman–Crippen MR) is 56.3 cm³/mol. The first-order chi connectivity index (χ1) is 7.17. The molecule has 1 rings (SSSR count). The van der Waals surface area contributed by atoms with Crippen molar-refractivity contribution in [3.63, 3.8) is 0 Å². The van der Waals surface area contributed by atoms with Crippen LogP contribution in [0.4, 0.5) is 0 Å². The molecule has 0 radical (unpaired) electrons. The van der Waals surface area contributed by atoms with Gasteiger partial charge in [0.05, 0.1) is 19.3 Å². The first-order valence-corrected chi connectivity index (χ1v) is 4.96. The molecule has 15 heavy (non-hydrogen) atoms. The number of nitrogens with zero attached hydrogens (tertiary/aromatic N) is 2. The lowest BCUT2D eigenvalue weighted by atomic mass is 10.2. The Morgan fingerprint density at radius 1 is 1.67 bits per heavy atom. The minimum absolute atomic E-state index is 0.231. The zero-order chi connectivity index (χ0) is 11.3. The molecule has 0 saturated carbocycles. The van der Waals surface area contributed by atoms with Crippen molar-refractivity contribution in [1.29, 1.82) is 0 Å². The van der Waals surface area contributed by atoms with Crippen molar-refractivity contribution in [1.82, 2.24) is 15.1 Å². The van der Waals surface area contributed by atoms with Gasteiger partial charge in [-0.3, -0.25) is 9.48 Å². The molecule has 5 nitrogen and oxygen atoms in total. The molecule has 0 saturated heterocycles. The third kappa shape index (κ3) is 3.36. The zero-order valence-electron chi connectivity index (χ0n) is 9.41. The van der Waals surface area contributed by atoms with Gasteiger partial charge >= 0.3 is 5.97 Å². The summed E-state index contributed by atoms with van der Waals surface area (Å²) in [5.41, 5.74) is 2.19. The normalized spacial score (nSPS) is 10.3. The molecule has 0 amide bonds. The van der Waals surface area contributed by atoms with E-state index >= 15 is 0 Å². The van der Waals surface area contributed by atoms with Crippen LogP contribution in [0.1, 0.15) is 18.2 Å². The lowest BCUT2D eigenvalue weighted by Gasteiger charge is -2.02. The molecule has 1 heterocycles. The van der Waals surface area contributed by atoms with Crippen molar-refractivity contribution in [2.45, 2.75) is 19.9 Å². The maximum atomic E-state index is 10.9. The number of nitrogens with one attached hydrogen (secondary N) is 1. The van der Waals surface area contributed by atoms with Gasteiger partial charge in [-0.2, -0.15) is 5.10 Å². The van der Waals surface area contributed by atoms with Crippen LogP contribution in [-0.4, -0.2) is 29.4 Å². The van der Waals surface area contributed by atoms with Gasteiger partial charge in [0.25, 0.3) is 0 Å². The van der Waals surface area contributed by atoms with Crippen molar-refractivity contribution in [2.75, 3.05) is 13.7 Å². The van der Waals surface area contributed by atoms with E-state index in [0.717, 1.165) is 17.7 Å². The van der Waals surface area contributed by atoms with Gasteiger partial charge in [0, 0.05) is 25.4 Å². The van der Waals surface area contributed by atoms with Gasteiger partial charge in [0.1, 0.15) is 0 Å². The van der Waals surface area contributed by atoms with Crippen LogP contribution in [0.5, 0.6) is 0 Å². The predicted octanol–water partition coefficient (Wildman–Crippen LogP) is 0.245. The van der Waals surface area contributed by atoms with Gasteiger partial charge in [0.2, 0.25) is 0 Å². The van der Waals surface area contributed by atoms with Crippen molar-refractivity contribution in [2.24, 2.45) is 7.05 Å². The molecule has 0 aliphatic carbocycles. The Bertz CT molecular complexity index is 333. The molecule has 84 valence electrons. The third-order valence-corrected chi connectivity index (χ3v) is 2.14. The number of aryl methyl sites for hydroxylation is 2. The molecule has 5 heteroatoms. The average molecular weight is 211 g/mol. The van der Waals surface area contributed by atoms with Gasteiger partial charge in [0.15, 0.2) is 0 Å². The molecule has 0 fully saturated rings. The highest BCUT2D eigenvalue weighted by Crippen LogP contribution is 2.06. The summed E-state index contributed by atoms with van der Waals surface area (Å²) < 4.78 is 6.31. The van der Waals surface area contributed by atoms with E-state index in [2.05, 4.69) is 22.1 Å². The zero-order valence-corrected chi connectivity index (χ0v) is 9.41. The van der Waals surface area contributed by atoms with Crippen LogP contribution in [0, 0.1) is 0 Å². The molecular weight excluding hydrogens is 194 g/mol. The number of aromatic nitrogens is 2. The molecule has 1 aromatic heterocycles. The topological polar surface area (TPSA) is 56.2 Å². The Hall–Kier alpha value is -1.36. The molecule has 0 bridgehead atoms. The Labute approximate surface area is 89.4 Å². The molecule has 0 spiro atoms. The number of carbonyl (C=O) groups excluding carboxylic acids is 1. The summed E-state index contributed by atoms with van der Waals surface area (Å²) in [5.74, 6) is -0.253. The first-order valence-electron chi connectivity index (χ1n) is 4.96. The number of esters is 1. The van der Waals surface area contributed by atoms with E-state index in [9.17, 15) is 4.79 Å². The average Bonchev–Trinajstić information content (AvgIpc) is 2.58. The largest absolute Gasteiger partial charge is 0.468 e. The van der Waals surface area contributed by atoms with Gasteiger partial charge < -0.3 is 10.1 Å². The highest BCUT2D eigenvalue weighted by Gasteiger charge is 2.06. The van der Waals surface area contributed by atoms with Crippen LogP contribution in [-0.2, 0) is 29.5 Å². The number of carbonyl (C=O) groups is 1. The smallest absolute Gasteiger partial charge is 0.319 e. The minimum Gasteiger partial charge on any atom is -0.468 e. The van der Waals surface area contributed by atoms with E-state index in [1.165, 1.54) is 7.11 Å². The Balaban J connectivity index is 2.46. The van der Waals surface area contributed by atoms with Gasteiger partial charge in [-0.05, 0) is 6.42 Å². The third-order valence-electron chi connectivity index (χ3n) is 2.14. The number of methoxy groups -OCH3 is 1. The molecule has 0 aliphatic rings. The summed E-state index contributed by atoms with van der Waals surface area (Å²) in [5, 5.41) is 7.32. The number of rotatable bonds is 5. The van der Waals surface area contributed by atoms with Crippen LogP contribution in [0.15, 0.2) is 6.20 Å². The van der Waals surface area contributed by atoms with E-state index in [1.54, 1.807) is 4.68 Å². The Morgan fingerprint density at radius 3 is 3.00 bits per heavy atom. The number of hydrogen-bond donors (Lipinski definition) is 1. The standard InChI is InChI=1S/C10H17N3O2/c1-4-9-8(7-13(2)12-9)5-11-6-10(14)15-3/h7,11H,4-6H2,1-3H3. The summed E-state index contributed by atoms with van der Waals surface area (Å²) in [6.45, 7) is 2.94. The molecule has 1 N–H and O–H groups in total. The van der Waals surface area contributed by atoms with E-state index < -0.39 is 0 Å². The fourth-order valence-corrected chi connectivity index (χ4v) is 1.40. The number of ether oxygens (including phenoxy) is 1. The summed E-state index contributed by atoms with van der Waals surface area (Å²) in [6.07, 6.45) is 2.86. The van der Waals surface area contributed by atoms with Crippen LogP contribution in [0.3, 0.4) is 0 Å². The van der Waals surface area contributed by atoms with Crippen molar-refractivity contribution in [3.05, 3.63) is 17.5 Å². The van der Waals surface area contributed by atoms with Crippen LogP contribution < -0.4 is 5.32 Å². The summed E-state index contributed by atoms with van der Waals surface area (Å²) >= 11 is 0. The molecule has 0 aromatic carbocycles. The first kappa shape index (κ1) is 11.7. The highest BCUT2D eigenvalue weighted by molar-refractivity contribution is 5.71. The fourth-order valence-electron chi connectivity index (χ4n) is 1.40. The fraction of sp³-hybridized carbons (Fsp3) is 0.600. The van der Waals surface area contributed by atoms with Crippen LogP contribution in [0.2, 0.25) is 0 Å². The summed E-state index contributed by atoms with van der Waals surface area (Å²) in [6, 6.07) is 0. The van der Waals surface area contributed by atoms with Gasteiger partial charge in [-0.15, -0.1) is 0 Å². The maximum Gasteiger partial charge on any atom is 0.319 e. The maximum absolute atomic E-state index is 10.9. The number of hydrogen-bond acceptors (Lipinski definition) is 4. The minimum atomic E-state index is -0.253. The van der Waals surface area contributed by atoms with E-state index in [0.29, 0.717) is 6.54 Å². The lowest BCUT2D eigenvalue weighted by molar-refractivity contribution is -0.139.